The van der Waals surface area contributed by atoms with Crippen LogP contribution in [0.4, 0.5) is 8.78 Å². The molecule has 86 valence electrons. The highest BCUT2D eigenvalue weighted by molar-refractivity contribution is 5.82. The van der Waals surface area contributed by atoms with Crippen LogP contribution in [0.5, 0.6) is 0 Å². The van der Waals surface area contributed by atoms with E-state index in [1.54, 1.807) is 0 Å². The van der Waals surface area contributed by atoms with E-state index < -0.39 is 23.0 Å². The maximum Gasteiger partial charge on any atom is 0.315 e. The summed E-state index contributed by atoms with van der Waals surface area (Å²) in [6.45, 7) is 0.616. The van der Waals surface area contributed by atoms with Crippen LogP contribution in [0.1, 0.15) is 12.0 Å². The van der Waals surface area contributed by atoms with Gasteiger partial charge in [0.15, 0.2) is 11.6 Å². The number of rotatable bonds is 2. The highest BCUT2D eigenvalue weighted by atomic mass is 19.2. The summed E-state index contributed by atoms with van der Waals surface area (Å²) in [6.07, 6.45) is 0.267. The molecule has 0 amide bonds. The third-order valence-electron chi connectivity index (χ3n) is 3.03. The molecular weight excluding hydrogens is 216 g/mol. The fourth-order valence-electron chi connectivity index (χ4n) is 2.09. The third-order valence-corrected chi connectivity index (χ3v) is 3.03. The molecule has 0 saturated carbocycles. The van der Waals surface area contributed by atoms with Gasteiger partial charge in [0.2, 0.25) is 0 Å². The Morgan fingerprint density at radius 3 is 2.75 bits per heavy atom. The molecule has 1 aliphatic heterocycles. The van der Waals surface area contributed by atoms with Crippen molar-refractivity contribution in [2.45, 2.75) is 11.8 Å². The van der Waals surface area contributed by atoms with Gasteiger partial charge in [-0.2, -0.15) is 0 Å². The Bertz CT molecular complexity index is 428. The lowest BCUT2D eigenvalue weighted by atomic mass is 9.79. The molecule has 1 aromatic carbocycles. The first kappa shape index (κ1) is 11.0. The second-order valence-corrected chi connectivity index (χ2v) is 3.92. The highest BCUT2D eigenvalue weighted by Crippen LogP contribution is 2.33. The Balaban J connectivity index is 2.56. The lowest BCUT2D eigenvalue weighted by Gasteiger charge is -2.23. The molecule has 2 N–H and O–H groups in total. The topological polar surface area (TPSA) is 49.3 Å². The normalized spacial score (nSPS) is 24.6. The van der Waals surface area contributed by atoms with Gasteiger partial charge in [0, 0.05) is 12.1 Å². The summed E-state index contributed by atoms with van der Waals surface area (Å²) in [6, 6.07) is 3.65. The van der Waals surface area contributed by atoms with Crippen molar-refractivity contribution in [3.63, 3.8) is 0 Å². The Morgan fingerprint density at radius 2 is 2.19 bits per heavy atom. The number of carbonyl (C=O) groups is 1. The van der Waals surface area contributed by atoms with Gasteiger partial charge in [0.05, 0.1) is 0 Å². The number of nitrogens with one attached hydrogen (secondary N) is 1. The average molecular weight is 227 g/mol. The van der Waals surface area contributed by atoms with E-state index in [4.69, 9.17) is 0 Å². The van der Waals surface area contributed by atoms with Crippen molar-refractivity contribution in [3.05, 3.63) is 35.4 Å². The molecule has 2 rings (SSSR count). The second kappa shape index (κ2) is 3.83. The molecule has 0 bridgehead atoms. The minimum absolute atomic E-state index is 0.0787. The average Bonchev–Trinajstić information content (AvgIpc) is 2.72. The van der Waals surface area contributed by atoms with Gasteiger partial charge < -0.3 is 10.4 Å². The van der Waals surface area contributed by atoms with E-state index in [1.807, 2.05) is 0 Å². The van der Waals surface area contributed by atoms with Gasteiger partial charge in [-0.1, -0.05) is 12.1 Å². The molecule has 1 aromatic rings. The van der Waals surface area contributed by atoms with Crippen molar-refractivity contribution in [1.82, 2.24) is 5.32 Å². The standard InChI is InChI=1S/C11H11F2NO2/c12-8-3-1-2-7(9(8)13)11(10(15)16)4-5-14-6-11/h1-3,14H,4-6H2,(H,15,16). The predicted molar refractivity (Wildman–Crippen MR) is 53.2 cm³/mol. The maximum absolute atomic E-state index is 13.6. The van der Waals surface area contributed by atoms with Crippen molar-refractivity contribution in [2.75, 3.05) is 13.1 Å². The van der Waals surface area contributed by atoms with E-state index in [-0.39, 0.29) is 18.5 Å². The molecule has 0 spiro atoms. The van der Waals surface area contributed by atoms with Gasteiger partial charge in [-0.15, -0.1) is 0 Å². The minimum Gasteiger partial charge on any atom is -0.481 e. The van der Waals surface area contributed by atoms with Crippen molar-refractivity contribution < 1.29 is 18.7 Å². The van der Waals surface area contributed by atoms with E-state index in [0.29, 0.717) is 6.54 Å². The van der Waals surface area contributed by atoms with Crippen LogP contribution in [0.3, 0.4) is 0 Å². The number of hydrogen-bond donors (Lipinski definition) is 2. The summed E-state index contributed by atoms with van der Waals surface area (Å²) in [5, 5.41) is 12.1. The molecule has 1 atom stereocenters. The van der Waals surface area contributed by atoms with Crippen LogP contribution >= 0.6 is 0 Å². The lowest BCUT2D eigenvalue weighted by molar-refractivity contribution is -0.143. The molecule has 1 unspecified atom stereocenters. The van der Waals surface area contributed by atoms with Crippen LogP contribution in [0.2, 0.25) is 0 Å². The molecule has 0 aliphatic carbocycles. The van der Waals surface area contributed by atoms with Gasteiger partial charge in [-0.3, -0.25) is 4.79 Å². The van der Waals surface area contributed by atoms with Crippen molar-refractivity contribution in [2.24, 2.45) is 0 Å². The van der Waals surface area contributed by atoms with E-state index in [2.05, 4.69) is 5.32 Å². The van der Waals surface area contributed by atoms with Gasteiger partial charge in [-0.25, -0.2) is 8.78 Å². The molecule has 0 radical (unpaired) electrons. The monoisotopic (exact) mass is 227 g/mol. The predicted octanol–water partition coefficient (Wildman–Crippen LogP) is 1.28. The van der Waals surface area contributed by atoms with Crippen LogP contribution in [0, 0.1) is 11.6 Å². The van der Waals surface area contributed by atoms with Crippen LogP contribution < -0.4 is 5.32 Å². The molecule has 0 aromatic heterocycles. The molecule has 1 heterocycles. The maximum atomic E-state index is 13.6. The quantitative estimate of drug-likeness (QED) is 0.800. The molecule has 1 saturated heterocycles. The molecule has 1 aliphatic rings. The van der Waals surface area contributed by atoms with Crippen LogP contribution in [0.15, 0.2) is 18.2 Å². The van der Waals surface area contributed by atoms with Crippen LogP contribution in [-0.4, -0.2) is 24.2 Å². The van der Waals surface area contributed by atoms with Crippen LogP contribution in [0.25, 0.3) is 0 Å². The molecule has 5 heteroatoms. The van der Waals surface area contributed by atoms with Gasteiger partial charge in [0.1, 0.15) is 5.41 Å². The van der Waals surface area contributed by atoms with Crippen molar-refractivity contribution in [3.8, 4) is 0 Å². The molecular formula is C11H11F2NO2. The number of carboxylic acids is 1. The number of benzene rings is 1. The Labute approximate surface area is 91.1 Å². The highest BCUT2D eigenvalue weighted by Gasteiger charge is 2.45. The summed E-state index contributed by atoms with van der Waals surface area (Å²) >= 11 is 0. The van der Waals surface area contributed by atoms with Crippen molar-refractivity contribution in [1.29, 1.82) is 0 Å². The van der Waals surface area contributed by atoms with Crippen LogP contribution in [-0.2, 0) is 10.2 Å². The summed E-state index contributed by atoms with van der Waals surface area (Å²) in [5.74, 6) is -3.19. The van der Waals surface area contributed by atoms with E-state index in [0.717, 1.165) is 6.07 Å². The number of halogens is 2. The summed E-state index contributed by atoms with van der Waals surface area (Å²) in [4.78, 5) is 11.3. The first-order chi connectivity index (χ1) is 7.58. The van der Waals surface area contributed by atoms with E-state index >= 15 is 0 Å². The van der Waals surface area contributed by atoms with E-state index in [1.165, 1.54) is 12.1 Å². The van der Waals surface area contributed by atoms with Gasteiger partial charge in [-0.05, 0) is 19.0 Å². The second-order valence-electron chi connectivity index (χ2n) is 3.92. The zero-order valence-electron chi connectivity index (χ0n) is 8.46. The summed E-state index contributed by atoms with van der Waals surface area (Å²) < 4.78 is 26.7. The first-order valence-electron chi connectivity index (χ1n) is 4.96. The zero-order valence-corrected chi connectivity index (χ0v) is 8.46. The third kappa shape index (κ3) is 1.48. The van der Waals surface area contributed by atoms with E-state index in [9.17, 15) is 18.7 Å². The number of carboxylic acid groups (broad SMARTS) is 1. The Kier molecular flexibility index (Phi) is 2.63. The Morgan fingerprint density at radius 1 is 1.44 bits per heavy atom. The first-order valence-corrected chi connectivity index (χ1v) is 4.96. The minimum atomic E-state index is -1.34. The van der Waals surface area contributed by atoms with Gasteiger partial charge in [0.25, 0.3) is 0 Å². The zero-order chi connectivity index (χ0) is 11.8. The fourth-order valence-corrected chi connectivity index (χ4v) is 2.09. The number of aliphatic carboxylic acids is 1. The van der Waals surface area contributed by atoms with Crippen molar-refractivity contribution >= 4 is 5.97 Å². The molecule has 3 nitrogen and oxygen atoms in total. The lowest BCUT2D eigenvalue weighted by Crippen LogP contribution is -2.39. The molecule has 1 fully saturated rings. The SMILES string of the molecule is O=C(O)C1(c2cccc(F)c2F)CCNC1. The Hall–Kier alpha value is -1.49. The summed E-state index contributed by atoms with van der Waals surface area (Å²) in [7, 11) is 0. The summed E-state index contributed by atoms with van der Waals surface area (Å²) in [5.41, 5.74) is -1.42. The fraction of sp³-hybridized carbons (Fsp3) is 0.364. The number of hydrogen-bond acceptors (Lipinski definition) is 2. The smallest absolute Gasteiger partial charge is 0.315 e. The largest absolute Gasteiger partial charge is 0.481 e. The van der Waals surface area contributed by atoms with Gasteiger partial charge >= 0.3 is 5.97 Å². The molecule has 16 heavy (non-hydrogen) atoms.